The van der Waals surface area contributed by atoms with Crippen molar-refractivity contribution in [2.75, 3.05) is 6.54 Å². The van der Waals surface area contributed by atoms with E-state index in [2.05, 4.69) is 19.1 Å². The molecule has 0 aliphatic heterocycles. The Bertz CT molecular complexity index is 209. The second kappa shape index (κ2) is 12.7. The Balaban J connectivity index is 3.21. The van der Waals surface area contributed by atoms with Crippen LogP contribution in [0.4, 0.5) is 0 Å². The van der Waals surface area contributed by atoms with Gasteiger partial charge in [0, 0.05) is 12.1 Å². The van der Waals surface area contributed by atoms with Crippen LogP contribution in [0.3, 0.4) is 0 Å². The lowest BCUT2D eigenvalue weighted by atomic mass is 9.97. The van der Waals surface area contributed by atoms with Crippen molar-refractivity contribution in [2.45, 2.75) is 90.0 Å². The van der Waals surface area contributed by atoms with Gasteiger partial charge in [0.25, 0.3) is 0 Å². The highest BCUT2D eigenvalue weighted by atomic mass is 14.8. The summed E-state index contributed by atoms with van der Waals surface area (Å²) >= 11 is 0. The number of nitrogens with two attached hydrogens (primary N) is 2. The van der Waals surface area contributed by atoms with E-state index in [-0.39, 0.29) is 5.54 Å². The predicted octanol–water partition coefficient (Wildman–Crippen LogP) is 4.53. The van der Waals surface area contributed by atoms with E-state index in [1.54, 1.807) is 0 Å². The first-order valence-electron chi connectivity index (χ1n) is 8.26. The fourth-order valence-corrected chi connectivity index (χ4v) is 2.15. The summed E-state index contributed by atoms with van der Waals surface area (Å²) in [5.41, 5.74) is 11.4. The van der Waals surface area contributed by atoms with Crippen LogP contribution >= 0.6 is 0 Å². The van der Waals surface area contributed by atoms with Crippen LogP contribution in [0.2, 0.25) is 0 Å². The maximum Gasteiger partial charge on any atom is 0.0252 e. The van der Waals surface area contributed by atoms with E-state index in [0.29, 0.717) is 6.54 Å². The number of allylic oxidation sites excluding steroid dienone is 2. The highest BCUT2D eigenvalue weighted by Gasteiger charge is 2.13. The second-order valence-electron chi connectivity index (χ2n) is 6.13. The molecule has 0 bridgehead atoms. The van der Waals surface area contributed by atoms with E-state index in [1.165, 1.54) is 57.8 Å². The lowest BCUT2D eigenvalue weighted by Crippen LogP contribution is -2.43. The first kappa shape index (κ1) is 18.7. The van der Waals surface area contributed by atoms with Crippen LogP contribution in [0.15, 0.2) is 12.2 Å². The molecule has 0 heterocycles. The highest BCUT2D eigenvalue weighted by molar-refractivity contribution is 4.87. The molecule has 19 heavy (non-hydrogen) atoms. The summed E-state index contributed by atoms with van der Waals surface area (Å²) in [6.45, 7) is 4.87. The molecular weight excluding hydrogens is 232 g/mol. The van der Waals surface area contributed by atoms with Crippen molar-refractivity contribution in [2.24, 2.45) is 11.5 Å². The van der Waals surface area contributed by atoms with Crippen LogP contribution in [0, 0.1) is 0 Å². The second-order valence-corrected chi connectivity index (χ2v) is 6.13. The van der Waals surface area contributed by atoms with Crippen molar-refractivity contribution in [1.29, 1.82) is 0 Å². The molecule has 1 unspecified atom stereocenters. The molecule has 0 aliphatic rings. The van der Waals surface area contributed by atoms with Crippen molar-refractivity contribution in [3.05, 3.63) is 12.2 Å². The molecule has 0 spiro atoms. The van der Waals surface area contributed by atoms with Gasteiger partial charge in [0.1, 0.15) is 0 Å². The summed E-state index contributed by atoms with van der Waals surface area (Å²) in [7, 11) is 0. The van der Waals surface area contributed by atoms with Gasteiger partial charge in [0.2, 0.25) is 0 Å². The summed E-state index contributed by atoms with van der Waals surface area (Å²) in [5, 5.41) is 0. The first-order valence-corrected chi connectivity index (χ1v) is 8.26. The summed E-state index contributed by atoms with van der Waals surface area (Å²) in [5.74, 6) is 0. The molecule has 0 saturated carbocycles. The minimum Gasteiger partial charge on any atom is -0.329 e. The third-order valence-corrected chi connectivity index (χ3v) is 3.74. The Morgan fingerprint density at radius 1 is 0.842 bits per heavy atom. The van der Waals surface area contributed by atoms with Crippen molar-refractivity contribution in [3.63, 3.8) is 0 Å². The number of unbranched alkanes of at least 4 members (excludes halogenated alkanes) is 8. The van der Waals surface area contributed by atoms with Gasteiger partial charge in [-0.1, -0.05) is 64.0 Å². The zero-order valence-electron chi connectivity index (χ0n) is 13.3. The molecule has 0 aromatic carbocycles. The highest BCUT2D eigenvalue weighted by Crippen LogP contribution is 2.11. The van der Waals surface area contributed by atoms with Crippen molar-refractivity contribution in [3.8, 4) is 0 Å². The number of rotatable bonds is 13. The Hall–Kier alpha value is -0.340. The fraction of sp³-hybridized carbons (Fsp3) is 0.882. The van der Waals surface area contributed by atoms with Gasteiger partial charge in [0.15, 0.2) is 0 Å². The molecule has 0 radical (unpaired) electrons. The molecule has 4 N–H and O–H groups in total. The maximum atomic E-state index is 5.99. The van der Waals surface area contributed by atoms with Gasteiger partial charge < -0.3 is 11.5 Å². The minimum absolute atomic E-state index is 0.192. The van der Waals surface area contributed by atoms with Crippen LogP contribution in [0.1, 0.15) is 84.5 Å². The molecule has 0 aromatic heterocycles. The summed E-state index contributed by atoms with van der Waals surface area (Å²) in [6.07, 6.45) is 19.0. The molecule has 114 valence electrons. The Labute approximate surface area is 121 Å². The van der Waals surface area contributed by atoms with E-state index in [1.807, 2.05) is 6.92 Å². The topological polar surface area (TPSA) is 52.0 Å². The maximum absolute atomic E-state index is 5.99. The van der Waals surface area contributed by atoms with Crippen LogP contribution in [0.5, 0.6) is 0 Å². The molecule has 2 nitrogen and oxygen atoms in total. The lowest BCUT2D eigenvalue weighted by Gasteiger charge is -2.20. The molecule has 0 aliphatic carbocycles. The van der Waals surface area contributed by atoms with E-state index in [0.717, 1.165) is 12.8 Å². The quantitative estimate of drug-likeness (QED) is 0.381. The van der Waals surface area contributed by atoms with Crippen LogP contribution in [0.25, 0.3) is 0 Å². The normalized spacial score (nSPS) is 14.9. The van der Waals surface area contributed by atoms with Crippen molar-refractivity contribution in [1.82, 2.24) is 0 Å². The molecule has 2 heteroatoms. The summed E-state index contributed by atoms with van der Waals surface area (Å²) < 4.78 is 0. The van der Waals surface area contributed by atoms with E-state index in [4.69, 9.17) is 11.5 Å². The Kier molecular flexibility index (Phi) is 12.5. The Morgan fingerprint density at radius 3 is 1.95 bits per heavy atom. The molecule has 0 fully saturated rings. The zero-order chi connectivity index (χ0) is 14.4. The molecule has 0 amide bonds. The van der Waals surface area contributed by atoms with E-state index in [9.17, 15) is 0 Å². The first-order chi connectivity index (χ1) is 9.12. The smallest absolute Gasteiger partial charge is 0.0252 e. The van der Waals surface area contributed by atoms with Crippen LogP contribution in [-0.2, 0) is 0 Å². The zero-order valence-corrected chi connectivity index (χ0v) is 13.3. The van der Waals surface area contributed by atoms with Crippen molar-refractivity contribution < 1.29 is 0 Å². The molecule has 1 atom stereocenters. The average Bonchev–Trinajstić information content (AvgIpc) is 2.40. The Morgan fingerprint density at radius 2 is 1.37 bits per heavy atom. The average molecular weight is 268 g/mol. The largest absolute Gasteiger partial charge is 0.329 e. The van der Waals surface area contributed by atoms with Gasteiger partial charge in [-0.25, -0.2) is 0 Å². The SMILES string of the molecule is CCCCCCCCCC/C=C/CCC(C)(N)CN. The predicted molar refractivity (Wildman–Crippen MR) is 87.2 cm³/mol. The van der Waals surface area contributed by atoms with Gasteiger partial charge >= 0.3 is 0 Å². The third-order valence-electron chi connectivity index (χ3n) is 3.74. The molecule has 0 rings (SSSR count). The van der Waals surface area contributed by atoms with Crippen LogP contribution < -0.4 is 11.5 Å². The van der Waals surface area contributed by atoms with Gasteiger partial charge in [-0.15, -0.1) is 0 Å². The van der Waals surface area contributed by atoms with Gasteiger partial charge in [-0.05, 0) is 32.6 Å². The third kappa shape index (κ3) is 13.9. The number of hydrogen-bond donors (Lipinski definition) is 2. The molecule has 0 saturated heterocycles. The summed E-state index contributed by atoms with van der Waals surface area (Å²) in [4.78, 5) is 0. The van der Waals surface area contributed by atoms with Gasteiger partial charge in [0.05, 0.1) is 0 Å². The van der Waals surface area contributed by atoms with E-state index < -0.39 is 0 Å². The van der Waals surface area contributed by atoms with Gasteiger partial charge in [-0.2, -0.15) is 0 Å². The summed E-state index contributed by atoms with van der Waals surface area (Å²) in [6, 6.07) is 0. The molecular formula is C17H36N2. The lowest BCUT2D eigenvalue weighted by molar-refractivity contribution is 0.447. The van der Waals surface area contributed by atoms with E-state index >= 15 is 0 Å². The van der Waals surface area contributed by atoms with Crippen molar-refractivity contribution >= 4 is 0 Å². The standard InChI is InChI=1S/C17H36N2/c1-3-4-5-6-7-8-9-10-11-12-13-14-15-17(2,19)16-18/h12-13H,3-11,14-16,18-19H2,1-2H3/b13-12+. The minimum atomic E-state index is -0.192. The fourth-order valence-electron chi connectivity index (χ4n) is 2.15. The monoisotopic (exact) mass is 268 g/mol. The molecule has 0 aromatic rings. The van der Waals surface area contributed by atoms with Crippen LogP contribution in [-0.4, -0.2) is 12.1 Å². The number of hydrogen-bond acceptors (Lipinski definition) is 2. The van der Waals surface area contributed by atoms with Gasteiger partial charge in [-0.3, -0.25) is 0 Å².